The number of benzene rings is 1. The summed E-state index contributed by atoms with van der Waals surface area (Å²) in [5.41, 5.74) is 2.70. The molecule has 0 saturated heterocycles. The van der Waals surface area contributed by atoms with Gasteiger partial charge in [-0.25, -0.2) is 4.39 Å². The lowest BCUT2D eigenvalue weighted by Gasteiger charge is -2.07. The molecule has 0 fully saturated rings. The summed E-state index contributed by atoms with van der Waals surface area (Å²) in [7, 11) is 0. The van der Waals surface area contributed by atoms with Gasteiger partial charge in [-0.2, -0.15) is 0 Å². The van der Waals surface area contributed by atoms with E-state index >= 15 is 0 Å². The normalized spacial score (nSPS) is 10.6. The molecule has 0 aliphatic heterocycles. The molecule has 19 heavy (non-hydrogen) atoms. The molecule has 100 valence electrons. The highest BCUT2D eigenvalue weighted by Crippen LogP contribution is 2.14. The minimum absolute atomic E-state index is 0.162. The first-order valence-electron chi connectivity index (χ1n) is 6.67. The molecule has 1 aromatic carbocycles. The molecule has 0 saturated carbocycles. The van der Waals surface area contributed by atoms with Gasteiger partial charge in [0.15, 0.2) is 0 Å². The molecule has 0 aliphatic rings. The molecule has 0 bridgehead atoms. The van der Waals surface area contributed by atoms with E-state index in [0.29, 0.717) is 12.0 Å². The van der Waals surface area contributed by atoms with Crippen LogP contribution < -0.4 is 5.32 Å². The number of aromatic nitrogens is 1. The van der Waals surface area contributed by atoms with E-state index < -0.39 is 0 Å². The van der Waals surface area contributed by atoms with Crippen molar-refractivity contribution in [3.05, 3.63) is 65.2 Å². The number of nitrogens with zero attached hydrogens (tertiary/aromatic N) is 1. The zero-order valence-electron chi connectivity index (χ0n) is 11.2. The maximum atomic E-state index is 13.8. The van der Waals surface area contributed by atoms with Crippen LogP contribution in [0.5, 0.6) is 0 Å². The van der Waals surface area contributed by atoms with E-state index in [9.17, 15) is 4.39 Å². The number of pyridine rings is 1. The highest BCUT2D eigenvalue weighted by Gasteiger charge is 2.05. The van der Waals surface area contributed by atoms with Gasteiger partial charge in [0.25, 0.3) is 0 Å². The smallest absolute Gasteiger partial charge is 0.126 e. The molecule has 2 nitrogen and oxygen atoms in total. The molecule has 1 heterocycles. The van der Waals surface area contributed by atoms with Gasteiger partial charge in [-0.3, -0.25) is 4.98 Å². The minimum atomic E-state index is -0.162. The Morgan fingerprint density at radius 1 is 1.21 bits per heavy atom. The second kappa shape index (κ2) is 7.00. The Kier molecular flexibility index (Phi) is 5.04. The second-order valence-electron chi connectivity index (χ2n) is 4.60. The van der Waals surface area contributed by atoms with Gasteiger partial charge >= 0.3 is 0 Å². The van der Waals surface area contributed by atoms with Crippen molar-refractivity contribution >= 4 is 0 Å². The lowest BCUT2D eigenvalue weighted by Crippen LogP contribution is -2.14. The molecule has 0 spiro atoms. The van der Waals surface area contributed by atoms with E-state index in [2.05, 4.69) is 17.2 Å². The zero-order valence-corrected chi connectivity index (χ0v) is 11.2. The predicted molar refractivity (Wildman–Crippen MR) is 75.4 cm³/mol. The van der Waals surface area contributed by atoms with Gasteiger partial charge in [0, 0.05) is 24.9 Å². The largest absolute Gasteiger partial charge is 0.313 e. The van der Waals surface area contributed by atoms with Gasteiger partial charge < -0.3 is 5.32 Å². The first-order chi connectivity index (χ1) is 9.29. The van der Waals surface area contributed by atoms with Gasteiger partial charge in [-0.1, -0.05) is 25.1 Å². The molecule has 0 aliphatic carbocycles. The molecule has 1 aromatic heterocycles. The fourth-order valence-corrected chi connectivity index (χ4v) is 1.98. The summed E-state index contributed by atoms with van der Waals surface area (Å²) < 4.78 is 13.8. The number of hydrogen-bond donors (Lipinski definition) is 1. The van der Waals surface area contributed by atoms with Crippen molar-refractivity contribution < 1.29 is 4.39 Å². The fourth-order valence-electron chi connectivity index (χ4n) is 1.98. The van der Waals surface area contributed by atoms with Crippen LogP contribution in [0.25, 0.3) is 0 Å². The van der Waals surface area contributed by atoms with Gasteiger partial charge in [0.2, 0.25) is 0 Å². The maximum Gasteiger partial charge on any atom is 0.126 e. The SMILES string of the molecule is CCCNCc1ccc(F)c(Cc2ccccn2)c1. The summed E-state index contributed by atoms with van der Waals surface area (Å²) >= 11 is 0. The lowest BCUT2D eigenvalue weighted by molar-refractivity contribution is 0.609. The van der Waals surface area contributed by atoms with Crippen molar-refractivity contribution in [2.24, 2.45) is 0 Å². The van der Waals surface area contributed by atoms with Gasteiger partial charge in [0.1, 0.15) is 5.82 Å². The van der Waals surface area contributed by atoms with Crippen molar-refractivity contribution in [1.82, 2.24) is 10.3 Å². The molecule has 1 N–H and O–H groups in total. The molecular formula is C16H19FN2. The van der Waals surface area contributed by atoms with Crippen molar-refractivity contribution in [3.8, 4) is 0 Å². The zero-order chi connectivity index (χ0) is 13.5. The average molecular weight is 258 g/mol. The summed E-state index contributed by atoms with van der Waals surface area (Å²) in [4.78, 5) is 4.24. The summed E-state index contributed by atoms with van der Waals surface area (Å²) in [6.07, 6.45) is 3.37. The quantitative estimate of drug-likeness (QED) is 0.804. The number of halogens is 1. The molecule has 0 amide bonds. The average Bonchev–Trinajstić information content (AvgIpc) is 2.44. The third-order valence-electron chi connectivity index (χ3n) is 2.96. The van der Waals surface area contributed by atoms with Crippen LogP contribution in [0.2, 0.25) is 0 Å². The van der Waals surface area contributed by atoms with Crippen LogP contribution in [0.1, 0.15) is 30.2 Å². The Balaban J connectivity index is 2.09. The molecule has 0 atom stereocenters. The van der Waals surface area contributed by atoms with E-state index in [4.69, 9.17) is 0 Å². The standard InChI is InChI=1S/C16H19FN2/c1-2-8-18-12-13-6-7-16(17)14(10-13)11-15-5-3-4-9-19-15/h3-7,9-10,18H,2,8,11-12H2,1H3. The molecule has 0 unspecified atom stereocenters. The molecular weight excluding hydrogens is 239 g/mol. The third kappa shape index (κ3) is 4.14. The minimum Gasteiger partial charge on any atom is -0.313 e. The van der Waals surface area contributed by atoms with Crippen LogP contribution in [-0.4, -0.2) is 11.5 Å². The van der Waals surface area contributed by atoms with Crippen molar-refractivity contribution in [2.75, 3.05) is 6.54 Å². The third-order valence-corrected chi connectivity index (χ3v) is 2.96. The highest BCUT2D eigenvalue weighted by molar-refractivity contribution is 5.28. The van der Waals surface area contributed by atoms with Crippen molar-refractivity contribution in [3.63, 3.8) is 0 Å². The molecule has 2 rings (SSSR count). The summed E-state index contributed by atoms with van der Waals surface area (Å²) in [5.74, 6) is -0.162. The van der Waals surface area contributed by atoms with Gasteiger partial charge in [-0.15, -0.1) is 0 Å². The van der Waals surface area contributed by atoms with Crippen LogP contribution in [0.15, 0.2) is 42.6 Å². The van der Waals surface area contributed by atoms with Crippen LogP contribution >= 0.6 is 0 Å². The molecule has 3 heteroatoms. The number of rotatable bonds is 6. The van der Waals surface area contributed by atoms with Crippen molar-refractivity contribution in [2.45, 2.75) is 26.3 Å². The second-order valence-corrected chi connectivity index (χ2v) is 4.60. The first-order valence-corrected chi connectivity index (χ1v) is 6.67. The van der Waals surface area contributed by atoms with Gasteiger partial charge in [0.05, 0.1) is 0 Å². The number of hydrogen-bond acceptors (Lipinski definition) is 2. The Labute approximate surface area is 113 Å². The lowest BCUT2D eigenvalue weighted by atomic mass is 10.1. The van der Waals surface area contributed by atoms with E-state index in [1.807, 2.05) is 30.3 Å². The van der Waals surface area contributed by atoms with E-state index in [1.54, 1.807) is 12.3 Å². The first kappa shape index (κ1) is 13.7. The Bertz CT molecular complexity index is 511. The topological polar surface area (TPSA) is 24.9 Å². The summed E-state index contributed by atoms with van der Waals surface area (Å²) in [5, 5.41) is 3.32. The fraction of sp³-hybridized carbons (Fsp3) is 0.312. The van der Waals surface area contributed by atoms with Crippen LogP contribution in [0.4, 0.5) is 4.39 Å². The van der Waals surface area contributed by atoms with Crippen LogP contribution in [0, 0.1) is 5.82 Å². The Hall–Kier alpha value is -1.74. The monoisotopic (exact) mass is 258 g/mol. The van der Waals surface area contributed by atoms with Crippen molar-refractivity contribution in [1.29, 1.82) is 0 Å². The van der Waals surface area contributed by atoms with E-state index in [0.717, 1.165) is 30.8 Å². The maximum absolute atomic E-state index is 13.8. The summed E-state index contributed by atoms with van der Waals surface area (Å²) in [6.45, 7) is 3.89. The van der Waals surface area contributed by atoms with Crippen LogP contribution in [-0.2, 0) is 13.0 Å². The number of nitrogens with one attached hydrogen (secondary N) is 1. The van der Waals surface area contributed by atoms with Crippen LogP contribution in [0.3, 0.4) is 0 Å². The molecule has 2 aromatic rings. The predicted octanol–water partition coefficient (Wildman–Crippen LogP) is 3.31. The van der Waals surface area contributed by atoms with Gasteiger partial charge in [-0.05, 0) is 42.3 Å². The Morgan fingerprint density at radius 2 is 2.11 bits per heavy atom. The van der Waals surface area contributed by atoms with E-state index in [1.165, 1.54) is 0 Å². The summed E-state index contributed by atoms with van der Waals surface area (Å²) in [6, 6.07) is 11.0. The Morgan fingerprint density at radius 3 is 2.84 bits per heavy atom. The highest BCUT2D eigenvalue weighted by atomic mass is 19.1. The van der Waals surface area contributed by atoms with E-state index in [-0.39, 0.29) is 5.82 Å². The molecule has 0 radical (unpaired) electrons.